The number of nitrogens with two attached hydrogens (primary N) is 1. The minimum Gasteiger partial charge on any atom is -0.480 e. The fraction of sp³-hybridized carbons (Fsp3) is 0.308. The summed E-state index contributed by atoms with van der Waals surface area (Å²) < 4.78 is 1.99. The van der Waals surface area contributed by atoms with E-state index in [0.717, 1.165) is 10.9 Å². The molecule has 18 heavy (non-hydrogen) atoms. The molecular formula is C13H15ClN2O2. The van der Waals surface area contributed by atoms with Crippen LogP contribution in [0.15, 0.2) is 24.4 Å². The second-order valence-electron chi connectivity index (χ2n) is 4.54. The summed E-state index contributed by atoms with van der Waals surface area (Å²) >= 11 is 6.17. The van der Waals surface area contributed by atoms with Crippen LogP contribution in [0.2, 0.25) is 5.02 Å². The molecule has 1 atom stereocenters. The molecular weight excluding hydrogens is 252 g/mol. The van der Waals surface area contributed by atoms with Crippen LogP contribution in [-0.2, 0) is 4.79 Å². The second-order valence-corrected chi connectivity index (χ2v) is 4.94. The van der Waals surface area contributed by atoms with E-state index >= 15 is 0 Å². The Hall–Kier alpha value is -1.52. The van der Waals surface area contributed by atoms with Gasteiger partial charge in [-0.25, -0.2) is 0 Å². The summed E-state index contributed by atoms with van der Waals surface area (Å²) in [6, 6.07) is 4.65. The van der Waals surface area contributed by atoms with Crippen LogP contribution < -0.4 is 5.73 Å². The normalized spacial score (nSPS) is 13.2. The summed E-state index contributed by atoms with van der Waals surface area (Å²) in [7, 11) is 0. The maximum Gasteiger partial charge on any atom is 0.325 e. The summed E-state index contributed by atoms with van der Waals surface area (Å²) in [6.45, 7) is 4.05. The van der Waals surface area contributed by atoms with Crippen LogP contribution in [0.3, 0.4) is 0 Å². The van der Waals surface area contributed by atoms with E-state index in [4.69, 9.17) is 22.4 Å². The van der Waals surface area contributed by atoms with Crippen molar-refractivity contribution in [3.05, 3.63) is 35.0 Å². The molecule has 96 valence electrons. The number of carbonyl (C=O) groups is 1. The lowest BCUT2D eigenvalue weighted by Crippen LogP contribution is -2.20. The highest BCUT2D eigenvalue weighted by Gasteiger charge is 2.22. The highest BCUT2D eigenvalue weighted by Crippen LogP contribution is 2.33. The van der Waals surface area contributed by atoms with Gasteiger partial charge >= 0.3 is 5.97 Å². The zero-order valence-corrected chi connectivity index (χ0v) is 11.0. The SMILES string of the molecule is CC(C)n1cc(C(N)C(=O)O)c2c(Cl)cccc21. The molecule has 0 aliphatic heterocycles. The Morgan fingerprint density at radius 3 is 2.67 bits per heavy atom. The largest absolute Gasteiger partial charge is 0.480 e. The van der Waals surface area contributed by atoms with Gasteiger partial charge in [-0.05, 0) is 26.0 Å². The Morgan fingerprint density at radius 1 is 1.44 bits per heavy atom. The Bertz CT molecular complexity index is 604. The zero-order chi connectivity index (χ0) is 13.4. The molecule has 4 nitrogen and oxygen atoms in total. The number of hydrogen-bond acceptors (Lipinski definition) is 2. The van der Waals surface area contributed by atoms with Gasteiger partial charge in [-0.15, -0.1) is 0 Å². The Kier molecular flexibility index (Phi) is 3.32. The molecule has 0 fully saturated rings. The maximum atomic E-state index is 11.1. The summed E-state index contributed by atoms with van der Waals surface area (Å²) in [4.78, 5) is 11.1. The van der Waals surface area contributed by atoms with Gasteiger partial charge < -0.3 is 15.4 Å². The van der Waals surface area contributed by atoms with E-state index in [2.05, 4.69) is 0 Å². The second kappa shape index (κ2) is 4.63. The molecule has 0 spiro atoms. The molecule has 1 aromatic carbocycles. The van der Waals surface area contributed by atoms with E-state index in [0.29, 0.717) is 10.6 Å². The minimum atomic E-state index is -1.06. The molecule has 0 saturated carbocycles. The van der Waals surface area contributed by atoms with Crippen molar-refractivity contribution in [1.29, 1.82) is 0 Å². The van der Waals surface area contributed by atoms with E-state index in [9.17, 15) is 4.79 Å². The van der Waals surface area contributed by atoms with Crippen molar-refractivity contribution in [3.8, 4) is 0 Å². The molecule has 1 unspecified atom stereocenters. The van der Waals surface area contributed by atoms with E-state index in [1.165, 1.54) is 0 Å². The molecule has 0 radical (unpaired) electrons. The van der Waals surface area contributed by atoms with Crippen LogP contribution >= 0.6 is 11.6 Å². The number of aromatic nitrogens is 1. The van der Waals surface area contributed by atoms with Crippen LogP contribution in [-0.4, -0.2) is 15.6 Å². The average Bonchev–Trinajstić information content (AvgIpc) is 2.68. The zero-order valence-electron chi connectivity index (χ0n) is 10.2. The van der Waals surface area contributed by atoms with Crippen molar-refractivity contribution in [2.75, 3.05) is 0 Å². The van der Waals surface area contributed by atoms with Gasteiger partial charge in [0, 0.05) is 23.2 Å². The van der Waals surface area contributed by atoms with Gasteiger partial charge in [-0.1, -0.05) is 17.7 Å². The van der Waals surface area contributed by atoms with E-state index in [-0.39, 0.29) is 6.04 Å². The summed E-state index contributed by atoms with van der Waals surface area (Å²) in [5.74, 6) is -1.06. The fourth-order valence-corrected chi connectivity index (χ4v) is 2.37. The van der Waals surface area contributed by atoms with Crippen LogP contribution in [0.1, 0.15) is 31.5 Å². The van der Waals surface area contributed by atoms with Gasteiger partial charge in [0.15, 0.2) is 0 Å². The van der Waals surface area contributed by atoms with E-state index in [1.54, 1.807) is 12.3 Å². The minimum absolute atomic E-state index is 0.209. The fourth-order valence-electron chi connectivity index (χ4n) is 2.09. The third kappa shape index (κ3) is 1.98. The molecule has 1 aromatic heterocycles. The molecule has 0 aliphatic carbocycles. The van der Waals surface area contributed by atoms with E-state index in [1.807, 2.05) is 30.5 Å². The van der Waals surface area contributed by atoms with Crippen molar-refractivity contribution < 1.29 is 9.90 Å². The molecule has 1 heterocycles. The van der Waals surface area contributed by atoms with Crippen LogP contribution in [0.25, 0.3) is 10.9 Å². The molecule has 0 bridgehead atoms. The number of carboxylic acids is 1. The van der Waals surface area contributed by atoms with Crippen molar-refractivity contribution in [2.24, 2.45) is 5.73 Å². The third-order valence-corrected chi connectivity index (χ3v) is 3.31. The van der Waals surface area contributed by atoms with Gasteiger partial charge in [0.05, 0.1) is 10.5 Å². The molecule has 5 heteroatoms. The molecule has 0 aliphatic rings. The summed E-state index contributed by atoms with van der Waals surface area (Å²) in [5, 5.41) is 10.3. The smallest absolute Gasteiger partial charge is 0.325 e. The molecule has 0 amide bonds. The first-order chi connectivity index (χ1) is 8.43. The number of hydrogen-bond donors (Lipinski definition) is 2. The van der Waals surface area contributed by atoms with Crippen LogP contribution in [0.5, 0.6) is 0 Å². The maximum absolute atomic E-state index is 11.1. The van der Waals surface area contributed by atoms with Crippen molar-refractivity contribution in [3.63, 3.8) is 0 Å². The Labute approximate surface area is 110 Å². The average molecular weight is 267 g/mol. The predicted molar refractivity (Wildman–Crippen MR) is 71.9 cm³/mol. The first kappa shape index (κ1) is 12.9. The Morgan fingerprint density at radius 2 is 2.11 bits per heavy atom. The van der Waals surface area contributed by atoms with Gasteiger partial charge in [0.1, 0.15) is 6.04 Å². The van der Waals surface area contributed by atoms with Gasteiger partial charge in [-0.3, -0.25) is 4.79 Å². The number of carboxylic acid groups (broad SMARTS) is 1. The summed E-state index contributed by atoms with van der Waals surface area (Å²) in [5.41, 5.74) is 7.17. The predicted octanol–water partition coefficient (Wildman–Crippen LogP) is 2.96. The lowest BCUT2D eigenvalue weighted by molar-refractivity contribution is -0.138. The number of nitrogens with zero attached hydrogens (tertiary/aromatic N) is 1. The topological polar surface area (TPSA) is 68.2 Å². The van der Waals surface area contributed by atoms with Gasteiger partial charge in [0.2, 0.25) is 0 Å². The highest BCUT2D eigenvalue weighted by atomic mass is 35.5. The van der Waals surface area contributed by atoms with Crippen molar-refractivity contribution in [2.45, 2.75) is 25.9 Å². The first-order valence-corrected chi connectivity index (χ1v) is 6.08. The quantitative estimate of drug-likeness (QED) is 0.897. The number of fused-ring (bicyclic) bond motifs is 1. The first-order valence-electron chi connectivity index (χ1n) is 5.70. The van der Waals surface area contributed by atoms with Crippen LogP contribution in [0.4, 0.5) is 0 Å². The lowest BCUT2D eigenvalue weighted by atomic mass is 10.1. The number of benzene rings is 1. The number of rotatable bonds is 3. The number of halogens is 1. The molecule has 2 aromatic rings. The number of aliphatic carboxylic acids is 1. The highest BCUT2D eigenvalue weighted by molar-refractivity contribution is 6.35. The molecule has 2 rings (SSSR count). The van der Waals surface area contributed by atoms with Crippen LogP contribution in [0, 0.1) is 0 Å². The van der Waals surface area contributed by atoms with E-state index < -0.39 is 12.0 Å². The standard InChI is InChI=1S/C13H15ClN2O2/c1-7(2)16-6-8(12(15)13(17)18)11-9(14)4-3-5-10(11)16/h3-7,12H,15H2,1-2H3,(H,17,18). The van der Waals surface area contributed by atoms with Gasteiger partial charge in [0.25, 0.3) is 0 Å². The monoisotopic (exact) mass is 266 g/mol. The Balaban J connectivity index is 2.78. The molecule has 0 saturated heterocycles. The lowest BCUT2D eigenvalue weighted by Gasteiger charge is -2.08. The molecule has 3 N–H and O–H groups in total. The van der Waals surface area contributed by atoms with Gasteiger partial charge in [-0.2, -0.15) is 0 Å². The summed E-state index contributed by atoms with van der Waals surface area (Å²) in [6.07, 6.45) is 1.78. The third-order valence-electron chi connectivity index (χ3n) is 2.99. The van der Waals surface area contributed by atoms with Crippen molar-refractivity contribution in [1.82, 2.24) is 4.57 Å². The van der Waals surface area contributed by atoms with Crippen molar-refractivity contribution >= 4 is 28.5 Å².